The molecule has 1 aromatic heterocycles. The Kier molecular flexibility index (Phi) is 2.82. The summed E-state index contributed by atoms with van der Waals surface area (Å²) in [5, 5.41) is 18.6. The van der Waals surface area contributed by atoms with Crippen molar-refractivity contribution in [2.24, 2.45) is 0 Å². The first-order valence-electron chi connectivity index (χ1n) is 5.67. The Labute approximate surface area is 116 Å². The van der Waals surface area contributed by atoms with Gasteiger partial charge in [-0.1, -0.05) is 0 Å². The van der Waals surface area contributed by atoms with Crippen LogP contribution in [0, 0.1) is 0 Å². The summed E-state index contributed by atoms with van der Waals surface area (Å²) in [7, 11) is 0. The Morgan fingerprint density at radius 3 is 2.57 bits per heavy atom. The standard InChI is InChI=1S/C12H7F2N3O4/c13-12(14)20-8-3-1-6(5-9(8)21-12)15-10-4-2-7(11(18)19)16-17-10/h1-5H,(H,15,17)(H,18,19). The van der Waals surface area contributed by atoms with Crippen LogP contribution in [-0.4, -0.2) is 27.6 Å². The van der Waals surface area contributed by atoms with E-state index in [4.69, 9.17) is 5.11 Å². The second-order valence-corrected chi connectivity index (χ2v) is 4.06. The zero-order chi connectivity index (χ0) is 15.0. The zero-order valence-electron chi connectivity index (χ0n) is 10.2. The lowest BCUT2D eigenvalue weighted by Crippen LogP contribution is -2.25. The van der Waals surface area contributed by atoms with Gasteiger partial charge in [0.25, 0.3) is 0 Å². The maximum atomic E-state index is 12.9. The van der Waals surface area contributed by atoms with Crippen LogP contribution in [0.1, 0.15) is 10.5 Å². The van der Waals surface area contributed by atoms with Crippen molar-refractivity contribution in [2.45, 2.75) is 6.29 Å². The minimum atomic E-state index is -3.68. The molecular formula is C12H7F2N3O4. The van der Waals surface area contributed by atoms with Crippen molar-refractivity contribution in [3.8, 4) is 11.5 Å². The van der Waals surface area contributed by atoms with Gasteiger partial charge in [0.05, 0.1) is 0 Å². The summed E-state index contributed by atoms with van der Waals surface area (Å²) in [5.74, 6) is -1.12. The Morgan fingerprint density at radius 1 is 1.14 bits per heavy atom. The van der Waals surface area contributed by atoms with E-state index in [1.165, 1.54) is 30.3 Å². The van der Waals surface area contributed by atoms with Crippen LogP contribution in [0.2, 0.25) is 0 Å². The van der Waals surface area contributed by atoms with Crippen molar-refractivity contribution < 1.29 is 28.2 Å². The molecule has 0 atom stereocenters. The van der Waals surface area contributed by atoms with Crippen LogP contribution in [0.4, 0.5) is 20.3 Å². The van der Waals surface area contributed by atoms with Gasteiger partial charge in [-0.25, -0.2) is 4.79 Å². The number of nitrogens with one attached hydrogen (secondary N) is 1. The van der Waals surface area contributed by atoms with E-state index in [1.807, 2.05) is 0 Å². The van der Waals surface area contributed by atoms with Crippen molar-refractivity contribution >= 4 is 17.5 Å². The third-order valence-electron chi connectivity index (χ3n) is 2.56. The number of hydrogen-bond acceptors (Lipinski definition) is 6. The number of alkyl halides is 2. The zero-order valence-corrected chi connectivity index (χ0v) is 10.2. The fourth-order valence-corrected chi connectivity index (χ4v) is 1.69. The van der Waals surface area contributed by atoms with E-state index in [0.29, 0.717) is 5.69 Å². The summed E-state index contributed by atoms with van der Waals surface area (Å²) >= 11 is 0. The molecule has 0 radical (unpaired) electrons. The van der Waals surface area contributed by atoms with Crippen molar-refractivity contribution in [1.82, 2.24) is 10.2 Å². The monoisotopic (exact) mass is 295 g/mol. The van der Waals surface area contributed by atoms with Gasteiger partial charge in [-0.15, -0.1) is 19.0 Å². The van der Waals surface area contributed by atoms with Gasteiger partial charge < -0.3 is 19.9 Å². The summed E-state index contributed by atoms with van der Waals surface area (Å²) in [4.78, 5) is 10.6. The number of halogens is 2. The Morgan fingerprint density at radius 2 is 1.90 bits per heavy atom. The molecule has 2 N–H and O–H groups in total. The third kappa shape index (κ3) is 2.66. The maximum Gasteiger partial charge on any atom is 0.586 e. The molecule has 2 heterocycles. The summed E-state index contributed by atoms with van der Waals surface area (Å²) in [6.45, 7) is 0. The fraction of sp³-hybridized carbons (Fsp3) is 0.0833. The predicted molar refractivity (Wildman–Crippen MR) is 64.9 cm³/mol. The van der Waals surface area contributed by atoms with E-state index in [9.17, 15) is 13.6 Å². The van der Waals surface area contributed by atoms with Crippen LogP contribution >= 0.6 is 0 Å². The number of nitrogens with zero attached hydrogens (tertiary/aromatic N) is 2. The second kappa shape index (κ2) is 4.54. The predicted octanol–water partition coefficient (Wildman–Crippen LogP) is 2.24. The van der Waals surface area contributed by atoms with Crippen molar-refractivity contribution in [2.75, 3.05) is 5.32 Å². The molecule has 0 aliphatic carbocycles. The highest BCUT2D eigenvalue weighted by atomic mass is 19.3. The van der Waals surface area contributed by atoms with Gasteiger partial charge in [0.2, 0.25) is 0 Å². The van der Waals surface area contributed by atoms with E-state index >= 15 is 0 Å². The minimum absolute atomic E-state index is 0.0714. The Balaban J connectivity index is 1.79. The molecule has 0 spiro atoms. The number of aromatic nitrogens is 2. The third-order valence-corrected chi connectivity index (χ3v) is 2.56. The first-order chi connectivity index (χ1) is 9.93. The normalized spacial score (nSPS) is 14.8. The highest BCUT2D eigenvalue weighted by molar-refractivity contribution is 5.85. The van der Waals surface area contributed by atoms with Crippen LogP contribution in [-0.2, 0) is 0 Å². The molecule has 0 unspecified atom stereocenters. The summed E-state index contributed by atoms with van der Waals surface area (Å²) in [6, 6.07) is 6.77. The van der Waals surface area contributed by atoms with Crippen molar-refractivity contribution in [1.29, 1.82) is 0 Å². The highest BCUT2D eigenvalue weighted by Gasteiger charge is 2.43. The lowest BCUT2D eigenvalue weighted by molar-refractivity contribution is -0.286. The first kappa shape index (κ1) is 13.0. The van der Waals surface area contributed by atoms with E-state index in [-0.39, 0.29) is 23.0 Å². The number of hydrogen-bond donors (Lipinski definition) is 2. The molecule has 2 aromatic rings. The number of carboxylic acids is 1. The van der Waals surface area contributed by atoms with Crippen molar-refractivity contribution in [3.05, 3.63) is 36.0 Å². The molecule has 1 aromatic carbocycles. The van der Waals surface area contributed by atoms with Gasteiger partial charge >= 0.3 is 12.3 Å². The molecule has 9 heteroatoms. The van der Waals surface area contributed by atoms with Gasteiger partial charge in [0.15, 0.2) is 23.0 Å². The Bertz CT molecular complexity index is 706. The molecular weight excluding hydrogens is 288 g/mol. The van der Waals surface area contributed by atoms with E-state index < -0.39 is 12.3 Å². The lowest BCUT2D eigenvalue weighted by Gasteiger charge is -2.05. The van der Waals surface area contributed by atoms with Gasteiger partial charge in [0, 0.05) is 11.8 Å². The smallest absolute Gasteiger partial charge is 0.476 e. The molecule has 1 aliphatic heterocycles. The van der Waals surface area contributed by atoms with Crippen LogP contribution in [0.15, 0.2) is 30.3 Å². The van der Waals surface area contributed by atoms with E-state index in [1.54, 1.807) is 0 Å². The van der Waals surface area contributed by atoms with Gasteiger partial charge in [-0.2, -0.15) is 0 Å². The average Bonchev–Trinajstić information content (AvgIpc) is 2.72. The summed E-state index contributed by atoms with van der Waals surface area (Å²) < 4.78 is 34.3. The molecule has 0 fully saturated rings. The summed E-state index contributed by atoms with van der Waals surface area (Å²) in [6.07, 6.45) is -3.68. The quantitative estimate of drug-likeness (QED) is 0.896. The van der Waals surface area contributed by atoms with E-state index in [2.05, 4.69) is 25.0 Å². The van der Waals surface area contributed by atoms with Crippen LogP contribution in [0.3, 0.4) is 0 Å². The average molecular weight is 295 g/mol. The first-order valence-corrected chi connectivity index (χ1v) is 5.67. The molecule has 1 aliphatic rings. The lowest BCUT2D eigenvalue weighted by atomic mass is 10.2. The molecule has 0 saturated carbocycles. The molecule has 0 saturated heterocycles. The molecule has 0 amide bonds. The van der Waals surface area contributed by atoms with Gasteiger partial charge in [-0.05, 0) is 24.3 Å². The molecule has 21 heavy (non-hydrogen) atoms. The number of benzene rings is 1. The van der Waals surface area contributed by atoms with Crippen LogP contribution in [0.5, 0.6) is 11.5 Å². The number of fused-ring (bicyclic) bond motifs is 1. The topological polar surface area (TPSA) is 93.6 Å². The number of carboxylic acid groups (broad SMARTS) is 1. The largest absolute Gasteiger partial charge is 0.586 e. The fourth-order valence-electron chi connectivity index (χ4n) is 1.69. The Hall–Kier alpha value is -2.97. The number of rotatable bonds is 3. The van der Waals surface area contributed by atoms with Crippen LogP contribution in [0.25, 0.3) is 0 Å². The van der Waals surface area contributed by atoms with E-state index in [0.717, 1.165) is 0 Å². The second-order valence-electron chi connectivity index (χ2n) is 4.06. The summed E-state index contributed by atoms with van der Waals surface area (Å²) in [5.41, 5.74) is 0.207. The molecule has 7 nitrogen and oxygen atoms in total. The van der Waals surface area contributed by atoms with Gasteiger partial charge in [-0.3, -0.25) is 0 Å². The maximum absolute atomic E-state index is 12.9. The molecule has 3 rings (SSSR count). The number of aromatic carboxylic acids is 1. The number of ether oxygens (including phenoxy) is 2. The molecule has 0 bridgehead atoms. The van der Waals surface area contributed by atoms with Crippen LogP contribution < -0.4 is 14.8 Å². The highest BCUT2D eigenvalue weighted by Crippen LogP contribution is 2.42. The SMILES string of the molecule is O=C(O)c1ccc(Nc2ccc3c(c2)OC(F)(F)O3)nn1. The minimum Gasteiger partial charge on any atom is -0.476 e. The molecule has 108 valence electrons. The van der Waals surface area contributed by atoms with Gasteiger partial charge in [0.1, 0.15) is 0 Å². The van der Waals surface area contributed by atoms with Crippen molar-refractivity contribution in [3.63, 3.8) is 0 Å². The number of anilines is 2. The number of carbonyl (C=O) groups is 1.